The monoisotopic (exact) mass is 295 g/mol. The molecule has 0 saturated carbocycles. The number of rotatable bonds is 1. The third-order valence-electron chi connectivity index (χ3n) is 3.48. The van der Waals surface area contributed by atoms with Crippen molar-refractivity contribution in [2.24, 2.45) is 7.05 Å². The summed E-state index contributed by atoms with van der Waals surface area (Å²) in [6.45, 7) is 1.01. The van der Waals surface area contributed by atoms with Gasteiger partial charge in [0.2, 0.25) is 0 Å². The highest BCUT2D eigenvalue weighted by molar-refractivity contribution is 6.42. The van der Waals surface area contributed by atoms with Crippen LogP contribution >= 0.6 is 23.2 Å². The van der Waals surface area contributed by atoms with Gasteiger partial charge in [0.15, 0.2) is 0 Å². The van der Waals surface area contributed by atoms with E-state index in [0.29, 0.717) is 10.0 Å². The Hall–Kier alpha value is -1.19. The first-order valence-corrected chi connectivity index (χ1v) is 7.17. The number of anilines is 1. The van der Waals surface area contributed by atoms with E-state index < -0.39 is 0 Å². The van der Waals surface area contributed by atoms with Gasteiger partial charge >= 0.3 is 0 Å². The number of hydrogen-bond acceptors (Lipinski definition) is 2. The average molecular weight is 296 g/mol. The van der Waals surface area contributed by atoms with Gasteiger partial charge in [0.05, 0.1) is 15.7 Å². The minimum atomic E-state index is 0.570. The lowest BCUT2D eigenvalue weighted by atomic mass is 10.0. The van der Waals surface area contributed by atoms with Crippen LogP contribution < -0.4 is 5.32 Å². The molecule has 0 unspecified atom stereocenters. The number of aryl methyl sites for hydroxylation is 1. The maximum Gasteiger partial charge on any atom is 0.127 e. The van der Waals surface area contributed by atoms with Crippen LogP contribution in [0.5, 0.6) is 0 Å². The lowest BCUT2D eigenvalue weighted by Crippen LogP contribution is -2.04. The Bertz CT molecular complexity index is 619. The molecule has 2 aromatic rings. The van der Waals surface area contributed by atoms with Crippen molar-refractivity contribution >= 4 is 29.0 Å². The van der Waals surface area contributed by atoms with Crippen LogP contribution in [0.2, 0.25) is 10.0 Å². The predicted molar refractivity (Wildman–Crippen MR) is 80.1 cm³/mol. The summed E-state index contributed by atoms with van der Waals surface area (Å²) < 4.78 is 1.92. The number of nitrogens with zero attached hydrogens (tertiary/aromatic N) is 2. The first-order chi connectivity index (χ1) is 9.16. The molecule has 19 heavy (non-hydrogen) atoms. The molecule has 5 heteroatoms. The Kier molecular flexibility index (Phi) is 3.42. The summed E-state index contributed by atoms with van der Waals surface area (Å²) in [5.41, 5.74) is 3.30. The normalized spacial score (nSPS) is 14.7. The van der Waals surface area contributed by atoms with Crippen LogP contribution in [0.1, 0.15) is 18.4 Å². The average Bonchev–Trinajstić information content (AvgIpc) is 2.59. The first kappa shape index (κ1) is 12.8. The zero-order valence-electron chi connectivity index (χ0n) is 10.7. The van der Waals surface area contributed by atoms with Crippen molar-refractivity contribution in [3.63, 3.8) is 0 Å². The standard InChI is InChI=1S/C14H15Cl2N3/c1-19-14-10(4-2-3-7-17-14)13(18-19)9-5-6-11(15)12(16)8-9/h5-6,8,17H,2-4,7H2,1H3. The number of fused-ring (bicyclic) bond motifs is 1. The van der Waals surface area contributed by atoms with Crippen molar-refractivity contribution in [1.29, 1.82) is 0 Å². The second-order valence-electron chi connectivity index (χ2n) is 4.81. The molecule has 0 spiro atoms. The zero-order chi connectivity index (χ0) is 13.4. The predicted octanol–water partition coefficient (Wildman–Crippen LogP) is 4.14. The fourth-order valence-electron chi connectivity index (χ4n) is 2.53. The number of halogens is 2. The lowest BCUT2D eigenvalue weighted by molar-refractivity contribution is 0.757. The van der Waals surface area contributed by atoms with Crippen molar-refractivity contribution in [2.45, 2.75) is 19.3 Å². The van der Waals surface area contributed by atoms with Crippen LogP contribution in [0.4, 0.5) is 5.82 Å². The SMILES string of the molecule is Cn1nc(-c2ccc(Cl)c(Cl)c2)c2c1NCCCC2. The molecule has 100 valence electrons. The van der Waals surface area contributed by atoms with E-state index in [1.807, 2.05) is 29.9 Å². The highest BCUT2D eigenvalue weighted by atomic mass is 35.5. The molecule has 0 amide bonds. The zero-order valence-corrected chi connectivity index (χ0v) is 12.2. The minimum absolute atomic E-state index is 0.570. The molecule has 0 fully saturated rings. The third-order valence-corrected chi connectivity index (χ3v) is 4.22. The van der Waals surface area contributed by atoms with E-state index in [9.17, 15) is 0 Å². The topological polar surface area (TPSA) is 29.9 Å². The lowest BCUT2D eigenvalue weighted by Gasteiger charge is -2.04. The quantitative estimate of drug-likeness (QED) is 0.857. The van der Waals surface area contributed by atoms with Crippen LogP contribution in [0, 0.1) is 0 Å². The highest BCUT2D eigenvalue weighted by Gasteiger charge is 2.19. The molecule has 3 rings (SSSR count). The summed E-state index contributed by atoms with van der Waals surface area (Å²) in [6, 6.07) is 5.68. The minimum Gasteiger partial charge on any atom is -0.370 e. The second-order valence-corrected chi connectivity index (χ2v) is 5.63. The molecule has 2 heterocycles. The number of hydrogen-bond donors (Lipinski definition) is 1. The molecule has 0 atom stereocenters. The van der Waals surface area contributed by atoms with Gasteiger partial charge in [-0.25, -0.2) is 0 Å². The van der Waals surface area contributed by atoms with Crippen LogP contribution in [-0.4, -0.2) is 16.3 Å². The Morgan fingerprint density at radius 1 is 1.21 bits per heavy atom. The summed E-state index contributed by atoms with van der Waals surface area (Å²) >= 11 is 12.1. The van der Waals surface area contributed by atoms with Gasteiger partial charge in [0.1, 0.15) is 5.82 Å². The molecule has 1 N–H and O–H groups in total. The smallest absolute Gasteiger partial charge is 0.127 e. The third kappa shape index (κ3) is 2.33. The van der Waals surface area contributed by atoms with E-state index in [2.05, 4.69) is 10.4 Å². The molecule has 0 aliphatic carbocycles. The van der Waals surface area contributed by atoms with E-state index in [0.717, 1.165) is 30.0 Å². The van der Waals surface area contributed by atoms with Crippen molar-refractivity contribution < 1.29 is 0 Å². The molecular formula is C14H15Cl2N3. The van der Waals surface area contributed by atoms with Crippen LogP contribution in [0.15, 0.2) is 18.2 Å². The maximum atomic E-state index is 6.10. The van der Waals surface area contributed by atoms with E-state index in [1.54, 1.807) is 0 Å². The molecule has 1 aromatic carbocycles. The number of nitrogens with one attached hydrogen (secondary N) is 1. The van der Waals surface area contributed by atoms with Gasteiger partial charge in [-0.05, 0) is 31.4 Å². The summed E-state index contributed by atoms with van der Waals surface area (Å²) in [7, 11) is 1.97. The van der Waals surface area contributed by atoms with Gasteiger partial charge in [0.25, 0.3) is 0 Å². The largest absolute Gasteiger partial charge is 0.370 e. The summed E-state index contributed by atoms with van der Waals surface area (Å²) in [6.07, 6.45) is 3.42. The van der Waals surface area contributed by atoms with Crippen molar-refractivity contribution in [1.82, 2.24) is 9.78 Å². The van der Waals surface area contributed by atoms with Crippen LogP contribution in [0.25, 0.3) is 11.3 Å². The molecule has 1 aromatic heterocycles. The molecule has 0 saturated heterocycles. The highest BCUT2D eigenvalue weighted by Crippen LogP contribution is 2.34. The van der Waals surface area contributed by atoms with Crippen molar-refractivity contribution in [2.75, 3.05) is 11.9 Å². The molecular weight excluding hydrogens is 281 g/mol. The first-order valence-electron chi connectivity index (χ1n) is 6.42. The van der Waals surface area contributed by atoms with Crippen molar-refractivity contribution in [3.05, 3.63) is 33.8 Å². The van der Waals surface area contributed by atoms with Gasteiger partial charge in [-0.2, -0.15) is 5.10 Å². The molecule has 3 nitrogen and oxygen atoms in total. The van der Waals surface area contributed by atoms with Gasteiger partial charge in [-0.1, -0.05) is 29.3 Å². The van der Waals surface area contributed by atoms with Gasteiger partial charge in [-0.3, -0.25) is 4.68 Å². The second kappa shape index (κ2) is 5.06. The maximum absolute atomic E-state index is 6.10. The van der Waals surface area contributed by atoms with Crippen LogP contribution in [-0.2, 0) is 13.5 Å². The van der Waals surface area contributed by atoms with E-state index in [1.165, 1.54) is 18.4 Å². The summed E-state index contributed by atoms with van der Waals surface area (Å²) in [5.74, 6) is 1.12. The summed E-state index contributed by atoms with van der Waals surface area (Å²) in [5, 5.41) is 9.22. The fraction of sp³-hybridized carbons (Fsp3) is 0.357. The summed E-state index contributed by atoms with van der Waals surface area (Å²) in [4.78, 5) is 0. The Morgan fingerprint density at radius 3 is 2.84 bits per heavy atom. The van der Waals surface area contributed by atoms with Gasteiger partial charge < -0.3 is 5.32 Å². The fourth-order valence-corrected chi connectivity index (χ4v) is 2.83. The molecule has 1 aliphatic rings. The number of benzene rings is 1. The van der Waals surface area contributed by atoms with Crippen molar-refractivity contribution in [3.8, 4) is 11.3 Å². The van der Waals surface area contributed by atoms with Gasteiger partial charge in [0, 0.05) is 24.7 Å². The van der Waals surface area contributed by atoms with E-state index in [-0.39, 0.29) is 0 Å². The Morgan fingerprint density at radius 2 is 2.05 bits per heavy atom. The Balaban J connectivity index is 2.12. The molecule has 0 radical (unpaired) electrons. The molecule has 1 aliphatic heterocycles. The van der Waals surface area contributed by atoms with E-state index in [4.69, 9.17) is 23.2 Å². The van der Waals surface area contributed by atoms with Crippen LogP contribution in [0.3, 0.4) is 0 Å². The Labute approximate surface area is 122 Å². The van der Waals surface area contributed by atoms with Gasteiger partial charge in [-0.15, -0.1) is 0 Å². The number of aromatic nitrogens is 2. The van der Waals surface area contributed by atoms with E-state index >= 15 is 0 Å². The molecule has 0 bridgehead atoms.